The number of aromatic nitrogens is 1. The molecule has 3 rings (SSSR count). The molecule has 0 bridgehead atoms. The van der Waals surface area contributed by atoms with Crippen LogP contribution >= 0.6 is 0 Å². The smallest absolute Gasteiger partial charge is 0.0498 e. The van der Waals surface area contributed by atoms with Gasteiger partial charge in [-0.1, -0.05) is 69.2 Å². The number of hydrogen-bond donors (Lipinski definition) is 0. The van der Waals surface area contributed by atoms with Crippen molar-refractivity contribution in [3.05, 3.63) is 29.1 Å². The number of ether oxygens (including phenoxy) is 1. The lowest BCUT2D eigenvalue weighted by Crippen LogP contribution is -2.18. The fourth-order valence-electron chi connectivity index (χ4n) is 4.69. The highest BCUT2D eigenvalue weighted by atomic mass is 16.5. The molecule has 0 amide bonds. The summed E-state index contributed by atoms with van der Waals surface area (Å²) in [7, 11) is 0. The topological polar surface area (TPSA) is 22.1 Å². The van der Waals surface area contributed by atoms with Gasteiger partial charge in [-0.15, -0.1) is 0 Å². The zero-order chi connectivity index (χ0) is 21.7. The van der Waals surface area contributed by atoms with Crippen LogP contribution in [0.25, 0.3) is 0 Å². The fourth-order valence-corrected chi connectivity index (χ4v) is 4.69. The molecule has 1 saturated carbocycles. The van der Waals surface area contributed by atoms with Crippen LogP contribution in [0, 0.1) is 30.1 Å². The average Bonchev–Trinajstić information content (AvgIpc) is 3.17. The second-order valence-electron chi connectivity index (χ2n) is 10.9. The molecule has 0 spiro atoms. The molecule has 2 unspecified atom stereocenters. The predicted octanol–water partition coefficient (Wildman–Crippen LogP) is 7.54. The lowest BCUT2D eigenvalue weighted by molar-refractivity contribution is 0.145. The molecule has 0 aromatic carbocycles. The minimum absolute atomic E-state index is 0.192. The summed E-state index contributed by atoms with van der Waals surface area (Å²) >= 11 is 0. The zero-order valence-corrected chi connectivity index (χ0v) is 20.6. The van der Waals surface area contributed by atoms with Crippen LogP contribution in [0.1, 0.15) is 105 Å². The maximum atomic E-state index is 5.47. The van der Waals surface area contributed by atoms with Crippen LogP contribution in [0.2, 0.25) is 0 Å². The molecule has 1 aliphatic heterocycles. The Morgan fingerprint density at radius 1 is 0.964 bits per heavy atom. The SMILES string of the molecule is CC.CC(C)(C)C1CC2COCC2C1.Cc1ccnc(C(C)C)c1C(C)(C)C. The van der Waals surface area contributed by atoms with Gasteiger partial charge in [-0.2, -0.15) is 0 Å². The molecule has 0 radical (unpaired) electrons. The van der Waals surface area contributed by atoms with Crippen LogP contribution in [0.5, 0.6) is 0 Å². The second kappa shape index (κ2) is 10.2. The van der Waals surface area contributed by atoms with Gasteiger partial charge in [0.05, 0.1) is 0 Å². The first-order chi connectivity index (χ1) is 12.9. The number of fused-ring (bicyclic) bond motifs is 1. The van der Waals surface area contributed by atoms with Gasteiger partial charge in [0.25, 0.3) is 0 Å². The first-order valence-corrected chi connectivity index (χ1v) is 11.4. The average molecular weight is 390 g/mol. The largest absolute Gasteiger partial charge is 0.381 e. The van der Waals surface area contributed by atoms with Gasteiger partial charge >= 0.3 is 0 Å². The van der Waals surface area contributed by atoms with E-state index < -0.39 is 0 Å². The summed E-state index contributed by atoms with van der Waals surface area (Å²) in [6.07, 6.45) is 4.74. The number of aryl methyl sites for hydroxylation is 1. The summed E-state index contributed by atoms with van der Waals surface area (Å²) in [5, 5.41) is 0. The number of pyridine rings is 1. The fraction of sp³-hybridized carbons (Fsp3) is 0.808. The number of hydrogen-bond acceptors (Lipinski definition) is 2. The quantitative estimate of drug-likeness (QED) is 0.495. The molecule has 162 valence electrons. The summed E-state index contributed by atoms with van der Waals surface area (Å²) in [6, 6.07) is 2.10. The van der Waals surface area contributed by atoms with Gasteiger partial charge in [-0.3, -0.25) is 4.98 Å². The summed E-state index contributed by atoms with van der Waals surface area (Å²) in [4.78, 5) is 4.51. The Labute approximate surface area is 175 Å². The van der Waals surface area contributed by atoms with Crippen LogP contribution in [0.3, 0.4) is 0 Å². The van der Waals surface area contributed by atoms with Crippen LogP contribution in [-0.4, -0.2) is 18.2 Å². The van der Waals surface area contributed by atoms with Crippen molar-refractivity contribution < 1.29 is 4.74 Å². The van der Waals surface area contributed by atoms with E-state index in [9.17, 15) is 0 Å². The Balaban J connectivity index is 0.000000259. The Morgan fingerprint density at radius 3 is 1.82 bits per heavy atom. The molecule has 1 aromatic rings. The molecule has 2 atom stereocenters. The lowest BCUT2D eigenvalue weighted by Gasteiger charge is -2.27. The van der Waals surface area contributed by atoms with Crippen molar-refractivity contribution in [2.75, 3.05) is 13.2 Å². The van der Waals surface area contributed by atoms with Gasteiger partial charge in [-0.05, 0) is 71.5 Å². The highest BCUT2D eigenvalue weighted by Crippen LogP contribution is 2.47. The summed E-state index contributed by atoms with van der Waals surface area (Å²) < 4.78 is 5.47. The standard InChI is InChI=1S/C13H21N.C11H20O.C2H6/c1-9(2)12-11(13(4,5)6)10(3)7-8-14-12;1-11(2,3)10-4-8-6-12-7-9(8)5-10;1-2/h7-9H,1-6H3;8-10H,4-7H2,1-3H3;1-2H3. The van der Waals surface area contributed by atoms with E-state index in [0.717, 1.165) is 31.0 Å². The van der Waals surface area contributed by atoms with E-state index >= 15 is 0 Å². The van der Waals surface area contributed by atoms with Crippen LogP contribution < -0.4 is 0 Å². The van der Waals surface area contributed by atoms with Gasteiger partial charge < -0.3 is 4.74 Å². The van der Waals surface area contributed by atoms with E-state index in [1.165, 1.54) is 29.7 Å². The van der Waals surface area contributed by atoms with Gasteiger partial charge in [0, 0.05) is 25.1 Å². The lowest BCUT2D eigenvalue weighted by atomic mass is 9.79. The predicted molar refractivity (Wildman–Crippen MR) is 123 cm³/mol. The molecule has 0 N–H and O–H groups in total. The van der Waals surface area contributed by atoms with Crippen LogP contribution in [-0.2, 0) is 10.2 Å². The molecule has 1 aliphatic carbocycles. The molecule has 2 fully saturated rings. The van der Waals surface area contributed by atoms with E-state index in [1.54, 1.807) is 0 Å². The Morgan fingerprint density at radius 2 is 1.46 bits per heavy atom. The normalized spacial score (nSPS) is 24.2. The number of nitrogens with zero attached hydrogens (tertiary/aromatic N) is 1. The highest BCUT2D eigenvalue weighted by Gasteiger charge is 2.42. The minimum Gasteiger partial charge on any atom is -0.381 e. The maximum absolute atomic E-state index is 5.47. The Kier molecular flexibility index (Phi) is 9.19. The van der Waals surface area contributed by atoms with E-state index in [1.807, 2.05) is 20.0 Å². The summed E-state index contributed by atoms with van der Waals surface area (Å²) in [6.45, 7) is 26.5. The minimum atomic E-state index is 0.192. The Hall–Kier alpha value is -0.890. The summed E-state index contributed by atoms with van der Waals surface area (Å²) in [5.74, 6) is 3.24. The molecule has 1 saturated heterocycles. The third kappa shape index (κ3) is 6.58. The highest BCUT2D eigenvalue weighted by molar-refractivity contribution is 5.36. The van der Waals surface area contributed by atoms with E-state index in [4.69, 9.17) is 4.74 Å². The van der Waals surface area contributed by atoms with Gasteiger partial charge in [0.15, 0.2) is 0 Å². The third-order valence-corrected chi connectivity index (χ3v) is 6.22. The van der Waals surface area contributed by atoms with Crippen molar-refractivity contribution >= 4 is 0 Å². The molecular weight excluding hydrogens is 342 g/mol. The second-order valence-corrected chi connectivity index (χ2v) is 10.9. The number of rotatable bonds is 1. The zero-order valence-electron chi connectivity index (χ0n) is 20.6. The van der Waals surface area contributed by atoms with Crippen molar-refractivity contribution in [1.82, 2.24) is 4.98 Å². The van der Waals surface area contributed by atoms with E-state index in [2.05, 4.69) is 73.4 Å². The van der Waals surface area contributed by atoms with Crippen molar-refractivity contribution in [1.29, 1.82) is 0 Å². The van der Waals surface area contributed by atoms with Gasteiger partial charge in [0.2, 0.25) is 0 Å². The van der Waals surface area contributed by atoms with E-state index in [-0.39, 0.29) is 5.41 Å². The molecule has 2 aliphatic rings. The van der Waals surface area contributed by atoms with E-state index in [0.29, 0.717) is 11.3 Å². The summed E-state index contributed by atoms with van der Waals surface area (Å²) in [5.41, 5.74) is 4.73. The van der Waals surface area contributed by atoms with Crippen LogP contribution in [0.4, 0.5) is 0 Å². The monoisotopic (exact) mass is 389 g/mol. The molecule has 1 aromatic heterocycles. The molecule has 2 heteroatoms. The van der Waals surface area contributed by atoms with Crippen molar-refractivity contribution in [2.24, 2.45) is 23.2 Å². The third-order valence-electron chi connectivity index (χ3n) is 6.22. The van der Waals surface area contributed by atoms with Crippen LogP contribution in [0.15, 0.2) is 12.3 Å². The first kappa shape index (κ1) is 25.1. The molecular formula is C26H47NO. The van der Waals surface area contributed by atoms with Crippen molar-refractivity contribution in [2.45, 2.75) is 100 Å². The molecule has 2 nitrogen and oxygen atoms in total. The first-order valence-electron chi connectivity index (χ1n) is 11.4. The van der Waals surface area contributed by atoms with Crippen molar-refractivity contribution in [3.63, 3.8) is 0 Å². The Bertz CT molecular complexity index is 579. The molecule has 2 heterocycles. The van der Waals surface area contributed by atoms with Gasteiger partial charge in [-0.25, -0.2) is 0 Å². The maximum Gasteiger partial charge on any atom is 0.0498 e. The van der Waals surface area contributed by atoms with Gasteiger partial charge in [0.1, 0.15) is 0 Å². The van der Waals surface area contributed by atoms with Crippen molar-refractivity contribution in [3.8, 4) is 0 Å². The molecule has 28 heavy (non-hydrogen) atoms.